The molecule has 0 radical (unpaired) electrons. The van der Waals surface area contributed by atoms with Crippen LogP contribution in [-0.4, -0.2) is 11.4 Å². The van der Waals surface area contributed by atoms with Crippen LogP contribution in [0.15, 0.2) is 33.6 Å². The van der Waals surface area contributed by atoms with Crippen molar-refractivity contribution in [2.24, 2.45) is 10.3 Å². The summed E-state index contributed by atoms with van der Waals surface area (Å²) in [6.45, 7) is 3.43. The minimum absolute atomic E-state index is 0.361. The molecule has 0 aromatic rings. The summed E-state index contributed by atoms with van der Waals surface area (Å²) in [5, 5.41) is 26.1. The van der Waals surface area contributed by atoms with Gasteiger partial charge in [-0.3, -0.25) is 0 Å². The molecule has 4 heteroatoms. The SMILES string of the molecule is CC1=CC(=N/[O-])/C(C)=CC/1=N/[O-]. The van der Waals surface area contributed by atoms with Gasteiger partial charge in [0.05, 0.1) is 11.4 Å². The molecule has 0 saturated carbocycles. The highest BCUT2D eigenvalue weighted by Gasteiger charge is 2.08. The zero-order chi connectivity index (χ0) is 9.14. The summed E-state index contributed by atoms with van der Waals surface area (Å²) in [7, 11) is 0. The first kappa shape index (κ1) is 8.52. The van der Waals surface area contributed by atoms with E-state index >= 15 is 0 Å². The number of hydrogen-bond acceptors (Lipinski definition) is 4. The molecule has 0 aromatic heterocycles. The number of rotatable bonds is 0. The van der Waals surface area contributed by atoms with Crippen molar-refractivity contribution in [1.29, 1.82) is 0 Å². The van der Waals surface area contributed by atoms with Crippen molar-refractivity contribution in [3.63, 3.8) is 0 Å². The van der Waals surface area contributed by atoms with Crippen LogP contribution in [0.25, 0.3) is 0 Å². The Balaban J connectivity index is 3.11. The van der Waals surface area contributed by atoms with Crippen molar-refractivity contribution in [3.05, 3.63) is 33.7 Å². The molecule has 0 aromatic carbocycles. The summed E-state index contributed by atoms with van der Waals surface area (Å²) in [4.78, 5) is 0. The zero-order valence-electron chi connectivity index (χ0n) is 6.87. The second-order valence-corrected chi connectivity index (χ2v) is 2.61. The summed E-state index contributed by atoms with van der Waals surface area (Å²) in [5.74, 6) is 0. The molecule has 4 nitrogen and oxygen atoms in total. The van der Waals surface area contributed by atoms with Crippen LogP contribution in [0.3, 0.4) is 0 Å². The quantitative estimate of drug-likeness (QED) is 0.404. The lowest BCUT2D eigenvalue weighted by Gasteiger charge is -2.14. The van der Waals surface area contributed by atoms with E-state index in [4.69, 9.17) is 0 Å². The lowest BCUT2D eigenvalue weighted by molar-refractivity contribution is 1.44. The molecular formula is C8H8N2O2-2. The fourth-order valence-corrected chi connectivity index (χ4v) is 0.982. The molecule has 0 aliphatic heterocycles. The van der Waals surface area contributed by atoms with Crippen LogP contribution in [-0.2, 0) is 0 Å². The first-order valence-corrected chi connectivity index (χ1v) is 3.47. The van der Waals surface area contributed by atoms with E-state index in [0.29, 0.717) is 22.6 Å². The van der Waals surface area contributed by atoms with Gasteiger partial charge in [0.25, 0.3) is 0 Å². The Labute approximate surface area is 70.2 Å². The first-order chi connectivity index (χ1) is 5.69. The van der Waals surface area contributed by atoms with Gasteiger partial charge >= 0.3 is 0 Å². The molecule has 0 N–H and O–H groups in total. The van der Waals surface area contributed by atoms with E-state index < -0.39 is 0 Å². The van der Waals surface area contributed by atoms with E-state index in [1.807, 2.05) is 0 Å². The summed E-state index contributed by atoms with van der Waals surface area (Å²) in [6, 6.07) is 0. The molecule has 1 rings (SSSR count). The Morgan fingerprint density at radius 2 is 1.25 bits per heavy atom. The molecular weight excluding hydrogens is 156 g/mol. The average Bonchev–Trinajstić information content (AvgIpc) is 2.08. The zero-order valence-corrected chi connectivity index (χ0v) is 6.87. The van der Waals surface area contributed by atoms with Gasteiger partial charge in [-0.25, -0.2) is 0 Å². The van der Waals surface area contributed by atoms with Crippen molar-refractivity contribution in [3.8, 4) is 0 Å². The van der Waals surface area contributed by atoms with Crippen molar-refractivity contribution in [2.75, 3.05) is 0 Å². The molecule has 12 heavy (non-hydrogen) atoms. The van der Waals surface area contributed by atoms with Gasteiger partial charge in [0, 0.05) is 0 Å². The van der Waals surface area contributed by atoms with E-state index in [1.54, 1.807) is 26.0 Å². The Hall–Kier alpha value is -1.58. The van der Waals surface area contributed by atoms with Gasteiger partial charge in [-0.15, -0.1) is 0 Å². The summed E-state index contributed by atoms with van der Waals surface area (Å²) >= 11 is 0. The smallest absolute Gasteiger partial charge is 0.0552 e. The van der Waals surface area contributed by atoms with Crippen molar-refractivity contribution in [2.45, 2.75) is 13.8 Å². The maximum Gasteiger partial charge on any atom is 0.0552 e. The fourth-order valence-electron chi connectivity index (χ4n) is 0.982. The van der Waals surface area contributed by atoms with Gasteiger partial charge in [-0.1, -0.05) is 0 Å². The Morgan fingerprint density at radius 1 is 0.917 bits per heavy atom. The van der Waals surface area contributed by atoms with Crippen LogP contribution in [0.5, 0.6) is 0 Å². The molecule has 0 heterocycles. The van der Waals surface area contributed by atoms with E-state index in [1.165, 1.54) is 0 Å². The standard InChI is InChI=1S/C8H10N2O2/c1-5-3-8(10-12)6(2)4-7(5)9-11/h3-4,11-12H,1-2H3/p-2/b9-7-,10-8-. The predicted octanol–water partition coefficient (Wildman–Crippen LogP) is 1.77. The third-order valence-corrected chi connectivity index (χ3v) is 1.71. The topological polar surface area (TPSA) is 70.8 Å². The van der Waals surface area contributed by atoms with Gasteiger partial charge in [-0.2, -0.15) is 0 Å². The molecule has 0 unspecified atom stereocenters. The van der Waals surface area contributed by atoms with Crippen LogP contribution in [0.4, 0.5) is 0 Å². The molecule has 1 aliphatic rings. The molecule has 0 spiro atoms. The van der Waals surface area contributed by atoms with Crippen molar-refractivity contribution >= 4 is 11.4 Å². The summed E-state index contributed by atoms with van der Waals surface area (Å²) < 4.78 is 0. The largest absolute Gasteiger partial charge is 0.792 e. The van der Waals surface area contributed by atoms with Crippen LogP contribution >= 0.6 is 0 Å². The minimum atomic E-state index is 0.361. The number of hydrogen-bond donors (Lipinski definition) is 0. The Kier molecular flexibility index (Phi) is 2.28. The number of allylic oxidation sites excluding steroid dienone is 4. The van der Waals surface area contributed by atoms with Gasteiger partial charge in [0.2, 0.25) is 0 Å². The van der Waals surface area contributed by atoms with Crippen LogP contribution < -0.4 is 0 Å². The fraction of sp³-hybridized carbons (Fsp3) is 0.250. The van der Waals surface area contributed by atoms with Crippen LogP contribution in [0.1, 0.15) is 13.8 Å². The van der Waals surface area contributed by atoms with Gasteiger partial charge in [0.1, 0.15) is 0 Å². The molecule has 1 aliphatic carbocycles. The monoisotopic (exact) mass is 164 g/mol. The molecule has 0 saturated heterocycles. The first-order valence-electron chi connectivity index (χ1n) is 3.47. The highest BCUT2D eigenvalue weighted by molar-refractivity contribution is 6.23. The van der Waals surface area contributed by atoms with Gasteiger partial charge < -0.3 is 20.7 Å². The maximum absolute atomic E-state index is 10.2. The van der Waals surface area contributed by atoms with Crippen LogP contribution in [0, 0.1) is 10.4 Å². The average molecular weight is 164 g/mol. The highest BCUT2D eigenvalue weighted by atomic mass is 16.4. The number of nitrogens with zero attached hydrogens (tertiary/aromatic N) is 2. The molecule has 64 valence electrons. The minimum Gasteiger partial charge on any atom is -0.792 e. The molecule has 0 fully saturated rings. The Morgan fingerprint density at radius 3 is 1.50 bits per heavy atom. The maximum atomic E-state index is 10.2. The van der Waals surface area contributed by atoms with E-state index in [2.05, 4.69) is 10.3 Å². The van der Waals surface area contributed by atoms with Gasteiger partial charge in [0.15, 0.2) is 0 Å². The third-order valence-electron chi connectivity index (χ3n) is 1.71. The second kappa shape index (κ2) is 3.21. The third kappa shape index (κ3) is 1.37. The molecule has 0 bridgehead atoms. The highest BCUT2D eigenvalue weighted by Crippen LogP contribution is 2.12. The van der Waals surface area contributed by atoms with E-state index in [-0.39, 0.29) is 0 Å². The normalized spacial score (nSPS) is 24.2. The summed E-state index contributed by atoms with van der Waals surface area (Å²) in [6.07, 6.45) is 3.11. The lowest BCUT2D eigenvalue weighted by atomic mass is 9.98. The van der Waals surface area contributed by atoms with Crippen molar-refractivity contribution < 1.29 is 0 Å². The van der Waals surface area contributed by atoms with Gasteiger partial charge in [-0.05, 0) is 37.1 Å². The predicted molar refractivity (Wildman–Crippen MR) is 49.1 cm³/mol. The molecule has 0 amide bonds. The van der Waals surface area contributed by atoms with Crippen LogP contribution in [0.2, 0.25) is 0 Å². The summed E-state index contributed by atoms with van der Waals surface area (Å²) in [5.41, 5.74) is 2.07. The second-order valence-electron chi connectivity index (χ2n) is 2.61. The van der Waals surface area contributed by atoms with E-state index in [9.17, 15) is 10.4 Å². The van der Waals surface area contributed by atoms with Crippen molar-refractivity contribution in [1.82, 2.24) is 0 Å². The van der Waals surface area contributed by atoms with E-state index in [0.717, 1.165) is 0 Å². The molecule has 0 atom stereocenters. The Bertz CT molecular complexity index is 279. The lowest BCUT2D eigenvalue weighted by Crippen LogP contribution is -2.09.